The van der Waals surface area contributed by atoms with E-state index < -0.39 is 0 Å². The van der Waals surface area contributed by atoms with Crippen LogP contribution in [0.25, 0.3) is 11.1 Å². The van der Waals surface area contributed by atoms with E-state index in [9.17, 15) is 9.59 Å². The first-order chi connectivity index (χ1) is 15.9. The highest BCUT2D eigenvalue weighted by Crippen LogP contribution is 2.27. The Kier molecular flexibility index (Phi) is 6.78. The van der Waals surface area contributed by atoms with Gasteiger partial charge in [-0.2, -0.15) is 0 Å². The molecule has 5 nitrogen and oxygen atoms in total. The number of carbonyl (C=O) groups is 2. The lowest BCUT2D eigenvalue weighted by Crippen LogP contribution is -2.38. The molecule has 1 fully saturated rings. The average Bonchev–Trinajstić information content (AvgIpc) is 2.84. The Morgan fingerprint density at radius 3 is 2.15 bits per heavy atom. The number of benzene rings is 3. The second kappa shape index (κ2) is 9.90. The van der Waals surface area contributed by atoms with Crippen molar-refractivity contribution in [1.82, 2.24) is 4.90 Å². The van der Waals surface area contributed by atoms with Crippen molar-refractivity contribution in [3.8, 4) is 11.1 Å². The van der Waals surface area contributed by atoms with Crippen molar-refractivity contribution in [3.05, 3.63) is 83.9 Å². The summed E-state index contributed by atoms with van der Waals surface area (Å²) in [6, 6.07) is 23.2. The van der Waals surface area contributed by atoms with Gasteiger partial charge in [0, 0.05) is 44.1 Å². The monoisotopic (exact) mass is 441 g/mol. The van der Waals surface area contributed by atoms with Crippen molar-refractivity contribution < 1.29 is 9.59 Å². The van der Waals surface area contributed by atoms with Crippen LogP contribution in [0.5, 0.6) is 0 Å². The fourth-order valence-electron chi connectivity index (χ4n) is 4.21. The van der Waals surface area contributed by atoms with Gasteiger partial charge in [0.25, 0.3) is 11.8 Å². The Balaban J connectivity index is 1.52. The zero-order chi connectivity index (χ0) is 23.4. The molecule has 5 heteroatoms. The van der Waals surface area contributed by atoms with E-state index in [1.165, 1.54) is 0 Å². The number of carbonyl (C=O) groups excluding carboxylic acids is 2. The molecule has 3 aromatic carbocycles. The van der Waals surface area contributed by atoms with Crippen molar-refractivity contribution in [2.75, 3.05) is 37.4 Å². The lowest BCUT2D eigenvalue weighted by molar-refractivity contribution is 0.0697. The number of nitrogens with one attached hydrogen (secondary N) is 1. The number of hydrogen-bond donors (Lipinski definition) is 1. The molecule has 4 rings (SSSR count). The highest BCUT2D eigenvalue weighted by molar-refractivity contribution is 6.06. The van der Waals surface area contributed by atoms with Crippen LogP contribution in [0.15, 0.2) is 72.8 Å². The van der Waals surface area contributed by atoms with Gasteiger partial charge in [0.1, 0.15) is 0 Å². The van der Waals surface area contributed by atoms with E-state index >= 15 is 0 Å². The SMILES string of the molecule is CC1CCN(C(=O)c2cc(NC(=O)c3ccc(-c4ccccc4)cc3)ccc2N(C)C)CC1. The first kappa shape index (κ1) is 22.6. The lowest BCUT2D eigenvalue weighted by atomic mass is 9.98. The maximum atomic E-state index is 13.3. The molecule has 0 bridgehead atoms. The predicted molar refractivity (Wildman–Crippen MR) is 135 cm³/mol. The normalized spacial score (nSPS) is 14.1. The molecule has 1 aliphatic heterocycles. The van der Waals surface area contributed by atoms with E-state index in [4.69, 9.17) is 0 Å². The Morgan fingerprint density at radius 1 is 0.879 bits per heavy atom. The quantitative estimate of drug-likeness (QED) is 0.565. The van der Waals surface area contributed by atoms with Gasteiger partial charge in [-0.15, -0.1) is 0 Å². The van der Waals surface area contributed by atoms with Crippen molar-refractivity contribution in [1.29, 1.82) is 0 Å². The molecule has 33 heavy (non-hydrogen) atoms. The number of hydrogen-bond acceptors (Lipinski definition) is 3. The van der Waals surface area contributed by atoms with Gasteiger partial charge in [-0.1, -0.05) is 49.4 Å². The third kappa shape index (κ3) is 5.25. The summed E-state index contributed by atoms with van der Waals surface area (Å²) >= 11 is 0. The Hall–Kier alpha value is -3.60. The number of piperidine rings is 1. The van der Waals surface area contributed by atoms with Gasteiger partial charge < -0.3 is 15.1 Å². The van der Waals surface area contributed by atoms with Gasteiger partial charge in [-0.25, -0.2) is 0 Å². The van der Waals surface area contributed by atoms with Crippen LogP contribution in [-0.4, -0.2) is 43.9 Å². The topological polar surface area (TPSA) is 52.7 Å². The Morgan fingerprint density at radius 2 is 1.52 bits per heavy atom. The lowest BCUT2D eigenvalue weighted by Gasteiger charge is -2.31. The maximum absolute atomic E-state index is 13.3. The van der Waals surface area contributed by atoms with Gasteiger partial charge in [0.15, 0.2) is 0 Å². The minimum atomic E-state index is -0.197. The van der Waals surface area contributed by atoms with Crippen LogP contribution in [0.3, 0.4) is 0 Å². The number of rotatable bonds is 5. The molecule has 1 saturated heterocycles. The fraction of sp³-hybridized carbons (Fsp3) is 0.286. The summed E-state index contributed by atoms with van der Waals surface area (Å²) in [5, 5.41) is 2.96. The van der Waals surface area contributed by atoms with Crippen LogP contribution >= 0.6 is 0 Å². The summed E-state index contributed by atoms with van der Waals surface area (Å²) in [5.74, 6) is 0.479. The third-order valence-electron chi connectivity index (χ3n) is 6.29. The average molecular weight is 442 g/mol. The largest absolute Gasteiger partial charge is 0.377 e. The number of anilines is 2. The molecular formula is C28H31N3O2. The number of nitrogens with zero attached hydrogens (tertiary/aromatic N) is 2. The molecule has 1 aliphatic rings. The number of amides is 2. The molecule has 0 aliphatic carbocycles. The molecule has 0 atom stereocenters. The Bertz CT molecular complexity index is 1120. The molecule has 170 valence electrons. The minimum absolute atomic E-state index is 0.0221. The first-order valence-corrected chi connectivity index (χ1v) is 11.5. The molecule has 1 heterocycles. The smallest absolute Gasteiger partial charge is 0.256 e. The first-order valence-electron chi connectivity index (χ1n) is 11.5. The summed E-state index contributed by atoms with van der Waals surface area (Å²) < 4.78 is 0. The predicted octanol–water partition coefficient (Wildman–Crippen LogP) is 5.54. The van der Waals surface area contributed by atoms with Crippen LogP contribution in [0, 0.1) is 5.92 Å². The molecule has 2 amide bonds. The van der Waals surface area contributed by atoms with E-state index in [1.54, 1.807) is 6.07 Å². The van der Waals surface area contributed by atoms with E-state index in [1.807, 2.05) is 90.6 Å². The molecular weight excluding hydrogens is 410 g/mol. The van der Waals surface area contributed by atoms with Crippen molar-refractivity contribution in [2.24, 2.45) is 5.92 Å². The van der Waals surface area contributed by atoms with E-state index in [2.05, 4.69) is 12.2 Å². The minimum Gasteiger partial charge on any atom is -0.377 e. The zero-order valence-corrected chi connectivity index (χ0v) is 19.5. The summed E-state index contributed by atoms with van der Waals surface area (Å²) in [4.78, 5) is 30.0. The van der Waals surface area contributed by atoms with Crippen LogP contribution < -0.4 is 10.2 Å². The summed E-state index contributed by atoms with van der Waals surface area (Å²) in [7, 11) is 3.86. The van der Waals surface area contributed by atoms with Crippen LogP contribution in [0.2, 0.25) is 0 Å². The van der Waals surface area contributed by atoms with Crippen molar-refractivity contribution >= 4 is 23.2 Å². The van der Waals surface area contributed by atoms with E-state index in [0.29, 0.717) is 22.7 Å². The number of likely N-dealkylation sites (tertiary alicyclic amines) is 1. The fourth-order valence-corrected chi connectivity index (χ4v) is 4.21. The molecule has 0 unspecified atom stereocenters. The third-order valence-corrected chi connectivity index (χ3v) is 6.29. The van der Waals surface area contributed by atoms with Gasteiger partial charge >= 0.3 is 0 Å². The molecule has 0 radical (unpaired) electrons. The Labute approximate surface area is 196 Å². The van der Waals surface area contributed by atoms with Gasteiger partial charge in [-0.3, -0.25) is 9.59 Å². The van der Waals surface area contributed by atoms with Crippen LogP contribution in [-0.2, 0) is 0 Å². The summed E-state index contributed by atoms with van der Waals surface area (Å²) in [6.07, 6.45) is 2.05. The van der Waals surface area contributed by atoms with E-state index in [0.717, 1.165) is 42.7 Å². The molecule has 0 aromatic heterocycles. The highest BCUT2D eigenvalue weighted by Gasteiger charge is 2.24. The van der Waals surface area contributed by atoms with Crippen LogP contribution in [0.4, 0.5) is 11.4 Å². The summed E-state index contributed by atoms with van der Waals surface area (Å²) in [5.41, 5.74) is 4.83. The van der Waals surface area contributed by atoms with Gasteiger partial charge in [-0.05, 0) is 60.2 Å². The van der Waals surface area contributed by atoms with Crippen LogP contribution in [0.1, 0.15) is 40.5 Å². The molecule has 3 aromatic rings. The second-order valence-electron chi connectivity index (χ2n) is 9.00. The van der Waals surface area contributed by atoms with Gasteiger partial charge in [0.05, 0.1) is 5.56 Å². The standard InChI is InChI=1S/C28H31N3O2/c1-20-15-17-31(18-16-20)28(33)25-19-24(13-14-26(25)30(2)3)29-27(32)23-11-9-22(10-12-23)21-7-5-4-6-8-21/h4-14,19-20H,15-18H2,1-3H3,(H,29,32). The second-order valence-corrected chi connectivity index (χ2v) is 9.00. The zero-order valence-electron chi connectivity index (χ0n) is 19.5. The highest BCUT2D eigenvalue weighted by atomic mass is 16.2. The van der Waals surface area contributed by atoms with Crippen molar-refractivity contribution in [3.63, 3.8) is 0 Å². The van der Waals surface area contributed by atoms with Gasteiger partial charge in [0.2, 0.25) is 0 Å². The van der Waals surface area contributed by atoms with E-state index in [-0.39, 0.29) is 11.8 Å². The summed E-state index contributed by atoms with van der Waals surface area (Å²) in [6.45, 7) is 3.78. The molecule has 0 spiro atoms. The molecule has 1 N–H and O–H groups in total. The molecule has 0 saturated carbocycles. The van der Waals surface area contributed by atoms with Crippen molar-refractivity contribution in [2.45, 2.75) is 19.8 Å². The maximum Gasteiger partial charge on any atom is 0.256 e.